The van der Waals surface area contributed by atoms with Gasteiger partial charge in [-0.15, -0.1) is 16.8 Å². The SMILES string of the molecule is C=CCc1nnc(NC(=O)N(C)CC=O)s1. The minimum Gasteiger partial charge on any atom is -0.321 e. The minimum atomic E-state index is -0.381. The lowest BCUT2D eigenvalue weighted by atomic mass is 10.5. The second-order valence-electron chi connectivity index (χ2n) is 2.97. The number of aromatic nitrogens is 2. The van der Waals surface area contributed by atoms with Gasteiger partial charge in [0, 0.05) is 13.5 Å². The van der Waals surface area contributed by atoms with Gasteiger partial charge < -0.3 is 9.69 Å². The van der Waals surface area contributed by atoms with Gasteiger partial charge in [-0.3, -0.25) is 5.32 Å². The van der Waals surface area contributed by atoms with Gasteiger partial charge in [0.1, 0.15) is 11.3 Å². The Morgan fingerprint density at radius 3 is 3.00 bits per heavy atom. The van der Waals surface area contributed by atoms with Crippen molar-refractivity contribution in [3.05, 3.63) is 17.7 Å². The number of rotatable bonds is 5. The third-order valence-corrected chi connectivity index (χ3v) is 2.56. The Labute approximate surface area is 97.0 Å². The molecule has 0 saturated carbocycles. The Morgan fingerprint density at radius 1 is 1.62 bits per heavy atom. The van der Waals surface area contributed by atoms with Crippen LogP contribution in [0.5, 0.6) is 0 Å². The molecule has 16 heavy (non-hydrogen) atoms. The molecule has 0 atom stereocenters. The predicted octanol–water partition coefficient (Wildman–Crippen LogP) is 0.929. The van der Waals surface area contributed by atoms with E-state index < -0.39 is 0 Å². The van der Waals surface area contributed by atoms with E-state index in [9.17, 15) is 9.59 Å². The van der Waals surface area contributed by atoms with E-state index in [0.29, 0.717) is 17.8 Å². The zero-order chi connectivity index (χ0) is 12.0. The fourth-order valence-corrected chi connectivity index (χ4v) is 1.62. The van der Waals surface area contributed by atoms with E-state index >= 15 is 0 Å². The van der Waals surface area contributed by atoms with Crippen LogP contribution in [0.1, 0.15) is 5.01 Å². The van der Waals surface area contributed by atoms with Crippen molar-refractivity contribution in [2.24, 2.45) is 0 Å². The Bertz CT molecular complexity index is 391. The van der Waals surface area contributed by atoms with Gasteiger partial charge >= 0.3 is 6.03 Å². The van der Waals surface area contributed by atoms with Crippen LogP contribution >= 0.6 is 11.3 Å². The number of urea groups is 1. The topological polar surface area (TPSA) is 75.2 Å². The molecule has 0 fully saturated rings. The minimum absolute atomic E-state index is 0.0458. The van der Waals surface area contributed by atoms with Gasteiger partial charge in [0.05, 0.1) is 6.54 Å². The van der Waals surface area contributed by atoms with Gasteiger partial charge in [0.15, 0.2) is 0 Å². The van der Waals surface area contributed by atoms with Crippen LogP contribution in [0.3, 0.4) is 0 Å². The summed E-state index contributed by atoms with van der Waals surface area (Å²) in [4.78, 5) is 22.9. The first-order valence-electron chi connectivity index (χ1n) is 4.56. The first-order valence-corrected chi connectivity index (χ1v) is 5.38. The zero-order valence-corrected chi connectivity index (χ0v) is 9.66. The molecule has 1 heterocycles. The van der Waals surface area contributed by atoms with Crippen molar-refractivity contribution in [2.45, 2.75) is 6.42 Å². The molecule has 6 nitrogen and oxygen atoms in total. The maximum absolute atomic E-state index is 11.4. The van der Waals surface area contributed by atoms with Crippen molar-refractivity contribution < 1.29 is 9.59 Å². The molecule has 0 aromatic carbocycles. The number of nitrogens with zero attached hydrogens (tertiary/aromatic N) is 3. The molecule has 2 amide bonds. The van der Waals surface area contributed by atoms with Crippen LogP contribution in [0.25, 0.3) is 0 Å². The second kappa shape index (κ2) is 5.96. The lowest BCUT2D eigenvalue weighted by molar-refractivity contribution is -0.108. The number of aldehydes is 1. The molecular weight excluding hydrogens is 228 g/mol. The number of allylic oxidation sites excluding steroid dienone is 1. The van der Waals surface area contributed by atoms with Crippen molar-refractivity contribution >= 4 is 28.8 Å². The summed E-state index contributed by atoms with van der Waals surface area (Å²) in [7, 11) is 1.52. The van der Waals surface area contributed by atoms with Crippen LogP contribution in [0.4, 0.5) is 9.93 Å². The molecule has 86 valence electrons. The number of carbonyl (C=O) groups is 2. The van der Waals surface area contributed by atoms with E-state index in [1.165, 1.54) is 23.3 Å². The lowest BCUT2D eigenvalue weighted by Gasteiger charge is -2.12. The van der Waals surface area contributed by atoms with Crippen LogP contribution in [0.15, 0.2) is 12.7 Å². The molecule has 0 bridgehead atoms. The van der Waals surface area contributed by atoms with E-state index in [-0.39, 0.29) is 12.6 Å². The molecule has 1 N–H and O–H groups in total. The number of amides is 2. The number of likely N-dealkylation sites (N-methyl/N-ethyl adjacent to an activating group) is 1. The van der Waals surface area contributed by atoms with Crippen molar-refractivity contribution in [1.82, 2.24) is 15.1 Å². The van der Waals surface area contributed by atoms with Crippen LogP contribution in [0, 0.1) is 0 Å². The average molecular weight is 240 g/mol. The molecule has 0 unspecified atom stereocenters. The smallest absolute Gasteiger partial charge is 0.321 e. The third kappa shape index (κ3) is 3.43. The van der Waals surface area contributed by atoms with E-state index in [0.717, 1.165) is 5.01 Å². The van der Waals surface area contributed by atoms with Crippen LogP contribution < -0.4 is 5.32 Å². The van der Waals surface area contributed by atoms with E-state index in [1.54, 1.807) is 6.08 Å². The summed E-state index contributed by atoms with van der Waals surface area (Å²) in [5, 5.41) is 11.4. The van der Waals surface area contributed by atoms with Crippen molar-refractivity contribution in [1.29, 1.82) is 0 Å². The summed E-state index contributed by atoms with van der Waals surface area (Å²) in [5.41, 5.74) is 0. The summed E-state index contributed by atoms with van der Waals surface area (Å²) in [6, 6.07) is -0.381. The van der Waals surface area contributed by atoms with Crippen molar-refractivity contribution in [2.75, 3.05) is 18.9 Å². The fraction of sp³-hybridized carbons (Fsp3) is 0.333. The zero-order valence-electron chi connectivity index (χ0n) is 8.84. The Hall–Kier alpha value is -1.76. The molecule has 0 radical (unpaired) electrons. The molecule has 0 saturated heterocycles. The molecule has 0 spiro atoms. The summed E-state index contributed by atoms with van der Waals surface area (Å²) < 4.78 is 0. The van der Waals surface area contributed by atoms with Crippen molar-refractivity contribution in [3.63, 3.8) is 0 Å². The monoisotopic (exact) mass is 240 g/mol. The van der Waals surface area contributed by atoms with Gasteiger partial charge in [-0.05, 0) is 0 Å². The average Bonchev–Trinajstić information content (AvgIpc) is 2.66. The summed E-state index contributed by atoms with van der Waals surface area (Å²) in [5.74, 6) is 0. The molecule has 0 aliphatic carbocycles. The highest BCUT2D eigenvalue weighted by molar-refractivity contribution is 7.15. The Balaban J connectivity index is 2.55. The molecule has 0 aliphatic heterocycles. The largest absolute Gasteiger partial charge is 0.323 e. The van der Waals surface area contributed by atoms with E-state index in [2.05, 4.69) is 22.1 Å². The van der Waals surface area contributed by atoms with Gasteiger partial charge in [0.2, 0.25) is 5.13 Å². The number of carbonyl (C=O) groups excluding carboxylic acids is 2. The second-order valence-corrected chi connectivity index (χ2v) is 4.03. The van der Waals surface area contributed by atoms with Gasteiger partial charge in [-0.2, -0.15) is 0 Å². The summed E-state index contributed by atoms with van der Waals surface area (Å²) in [6.45, 7) is 3.63. The molecule has 7 heteroatoms. The number of anilines is 1. The summed E-state index contributed by atoms with van der Waals surface area (Å²) in [6.07, 6.45) is 2.99. The fourth-order valence-electron chi connectivity index (χ4n) is 0.892. The Morgan fingerprint density at radius 2 is 2.38 bits per heavy atom. The van der Waals surface area contributed by atoms with Gasteiger partial charge in [-0.1, -0.05) is 17.4 Å². The molecule has 0 aliphatic rings. The third-order valence-electron chi connectivity index (χ3n) is 1.69. The molecule has 1 aromatic rings. The molecular formula is C9H12N4O2S. The number of hydrogen-bond acceptors (Lipinski definition) is 5. The van der Waals surface area contributed by atoms with Gasteiger partial charge in [-0.25, -0.2) is 4.79 Å². The first-order chi connectivity index (χ1) is 7.67. The highest BCUT2D eigenvalue weighted by atomic mass is 32.1. The maximum atomic E-state index is 11.4. The standard InChI is InChI=1S/C9H12N4O2S/c1-3-4-7-11-12-8(16-7)10-9(15)13(2)5-6-14/h3,6H,1,4-5H2,2H3,(H,10,12,15). The van der Waals surface area contributed by atoms with E-state index in [1.807, 2.05) is 0 Å². The van der Waals surface area contributed by atoms with E-state index in [4.69, 9.17) is 0 Å². The summed E-state index contributed by atoms with van der Waals surface area (Å²) >= 11 is 1.28. The van der Waals surface area contributed by atoms with Gasteiger partial charge in [0.25, 0.3) is 0 Å². The lowest BCUT2D eigenvalue weighted by Crippen LogP contribution is -2.32. The molecule has 1 aromatic heterocycles. The predicted molar refractivity (Wildman–Crippen MR) is 61.5 cm³/mol. The maximum Gasteiger partial charge on any atom is 0.323 e. The number of nitrogens with one attached hydrogen (secondary N) is 1. The Kier molecular flexibility index (Phi) is 4.59. The van der Waals surface area contributed by atoms with Crippen LogP contribution in [0.2, 0.25) is 0 Å². The highest BCUT2D eigenvalue weighted by Crippen LogP contribution is 2.15. The molecule has 1 rings (SSSR count). The van der Waals surface area contributed by atoms with Crippen LogP contribution in [-0.2, 0) is 11.2 Å². The first kappa shape index (κ1) is 12.3. The highest BCUT2D eigenvalue weighted by Gasteiger charge is 2.10. The normalized spacial score (nSPS) is 9.56. The quantitative estimate of drug-likeness (QED) is 0.613. The van der Waals surface area contributed by atoms with Crippen LogP contribution in [-0.4, -0.2) is 41.0 Å². The van der Waals surface area contributed by atoms with Crippen molar-refractivity contribution in [3.8, 4) is 0 Å². The number of hydrogen-bond donors (Lipinski definition) is 1.